The third-order valence-electron chi connectivity index (χ3n) is 4.01. The van der Waals surface area contributed by atoms with E-state index in [1.54, 1.807) is 0 Å². The van der Waals surface area contributed by atoms with Crippen molar-refractivity contribution in [3.63, 3.8) is 0 Å². The number of alkyl halides is 4. The summed E-state index contributed by atoms with van der Waals surface area (Å²) in [7, 11) is -2.07. The van der Waals surface area contributed by atoms with Gasteiger partial charge in [0.15, 0.2) is 21.3 Å². The van der Waals surface area contributed by atoms with E-state index in [0.717, 1.165) is 51.6 Å². The highest BCUT2D eigenvalue weighted by molar-refractivity contribution is 7.91. The smallest absolute Gasteiger partial charge is 0.493 e. The number of ether oxygens (including phenoxy) is 4. The molecule has 8 nitrogen and oxygen atoms in total. The van der Waals surface area contributed by atoms with Crippen molar-refractivity contribution in [2.45, 2.75) is 18.3 Å². The Kier molecular flexibility index (Phi) is 6.69. The van der Waals surface area contributed by atoms with E-state index in [1.165, 1.54) is 0 Å². The fraction of sp³-hybridized carbons (Fsp3) is 0.333. The summed E-state index contributed by atoms with van der Waals surface area (Å²) in [6.07, 6.45) is -3.43. The molecule has 1 aromatic carbocycles. The van der Waals surface area contributed by atoms with E-state index >= 15 is 0 Å². The van der Waals surface area contributed by atoms with Crippen molar-refractivity contribution in [1.82, 2.24) is 4.98 Å². The Morgan fingerprint density at radius 1 is 1.03 bits per heavy atom. The zero-order chi connectivity index (χ0) is 23.6. The van der Waals surface area contributed by atoms with Crippen molar-refractivity contribution in [2.24, 2.45) is 0 Å². The number of esters is 1. The summed E-state index contributed by atoms with van der Waals surface area (Å²) in [4.78, 5) is 15.7. The van der Waals surface area contributed by atoms with Crippen LogP contribution in [-0.4, -0.2) is 46.2 Å². The molecular formula is C18H17F4NO7S. The first-order chi connectivity index (χ1) is 14.2. The first kappa shape index (κ1) is 24.2. The predicted octanol–water partition coefficient (Wildman–Crippen LogP) is 3.75. The molecule has 2 aromatic rings. The number of benzene rings is 1. The van der Waals surface area contributed by atoms with Gasteiger partial charge < -0.3 is 18.9 Å². The van der Waals surface area contributed by atoms with Crippen molar-refractivity contribution in [3.8, 4) is 23.0 Å². The van der Waals surface area contributed by atoms with Crippen LogP contribution in [0, 0.1) is 0 Å². The number of halogens is 4. The number of hydrogen-bond donors (Lipinski definition) is 0. The Bertz CT molecular complexity index is 1080. The Balaban J connectivity index is 2.56. The maximum absolute atomic E-state index is 14.8. The summed E-state index contributed by atoms with van der Waals surface area (Å²) in [6, 6.07) is 3.71. The van der Waals surface area contributed by atoms with Crippen LogP contribution in [0.25, 0.3) is 0 Å². The number of hydrogen-bond acceptors (Lipinski definition) is 8. The van der Waals surface area contributed by atoms with Crippen LogP contribution >= 0.6 is 0 Å². The fourth-order valence-corrected chi connectivity index (χ4v) is 2.76. The van der Waals surface area contributed by atoms with E-state index in [1.807, 2.05) is 0 Å². The molecule has 0 N–H and O–H groups in total. The summed E-state index contributed by atoms with van der Waals surface area (Å²) in [5.74, 6) is -2.31. The monoisotopic (exact) mass is 467 g/mol. The second kappa shape index (κ2) is 8.57. The molecule has 2 rings (SSSR count). The van der Waals surface area contributed by atoms with Crippen molar-refractivity contribution in [1.29, 1.82) is 0 Å². The molecule has 0 radical (unpaired) electrons. The quantitative estimate of drug-likeness (QED) is 0.448. The van der Waals surface area contributed by atoms with Gasteiger partial charge in [0, 0.05) is 24.6 Å². The molecule has 0 saturated heterocycles. The lowest BCUT2D eigenvalue weighted by molar-refractivity contribution is -0.274. The summed E-state index contributed by atoms with van der Waals surface area (Å²) >= 11 is 0. The van der Waals surface area contributed by atoms with E-state index in [4.69, 9.17) is 9.47 Å². The van der Waals surface area contributed by atoms with Gasteiger partial charge in [-0.05, 0) is 19.1 Å². The highest BCUT2D eigenvalue weighted by atomic mass is 32.2. The SMILES string of the molecule is COC(=O)c1cnc(C(C)(F)S(C)(=O)=O)cc1Oc1ccc(OC(F)(F)F)cc1OC. The number of nitrogens with zero attached hydrogens (tertiary/aromatic N) is 1. The fourth-order valence-electron chi connectivity index (χ4n) is 2.27. The van der Waals surface area contributed by atoms with Crippen LogP contribution in [0.3, 0.4) is 0 Å². The molecule has 0 spiro atoms. The van der Waals surface area contributed by atoms with Gasteiger partial charge in [0.2, 0.25) is 5.00 Å². The van der Waals surface area contributed by atoms with Gasteiger partial charge in [-0.1, -0.05) is 0 Å². The molecule has 13 heteroatoms. The van der Waals surface area contributed by atoms with Crippen molar-refractivity contribution >= 4 is 15.8 Å². The maximum Gasteiger partial charge on any atom is 0.573 e. The van der Waals surface area contributed by atoms with E-state index in [9.17, 15) is 30.8 Å². The van der Waals surface area contributed by atoms with Crippen LogP contribution in [0.4, 0.5) is 17.6 Å². The van der Waals surface area contributed by atoms with E-state index in [0.29, 0.717) is 6.26 Å². The lowest BCUT2D eigenvalue weighted by atomic mass is 10.2. The molecule has 0 aliphatic rings. The first-order valence-corrected chi connectivity index (χ1v) is 10.2. The van der Waals surface area contributed by atoms with E-state index in [2.05, 4.69) is 14.5 Å². The number of sulfone groups is 1. The average Bonchev–Trinajstić information content (AvgIpc) is 2.66. The van der Waals surface area contributed by atoms with E-state index < -0.39 is 38.6 Å². The zero-order valence-electron chi connectivity index (χ0n) is 16.6. The molecule has 1 aromatic heterocycles. The minimum atomic E-state index is -4.94. The van der Waals surface area contributed by atoms with Gasteiger partial charge in [-0.15, -0.1) is 13.2 Å². The van der Waals surface area contributed by atoms with Crippen molar-refractivity contribution in [2.75, 3.05) is 20.5 Å². The topological polar surface area (TPSA) is 101 Å². The van der Waals surface area contributed by atoms with Crippen LogP contribution in [0.1, 0.15) is 23.0 Å². The summed E-state index contributed by atoms with van der Waals surface area (Å²) in [5.41, 5.74) is -0.887. The molecule has 0 aliphatic carbocycles. The normalized spacial score (nSPS) is 13.8. The van der Waals surface area contributed by atoms with Crippen LogP contribution in [0.15, 0.2) is 30.5 Å². The predicted molar refractivity (Wildman–Crippen MR) is 98.6 cm³/mol. The summed E-state index contributed by atoms with van der Waals surface area (Å²) < 4.78 is 94.5. The van der Waals surface area contributed by atoms with Gasteiger partial charge in [0.25, 0.3) is 0 Å². The molecular weight excluding hydrogens is 450 g/mol. The molecule has 0 bridgehead atoms. The minimum Gasteiger partial charge on any atom is -0.493 e. The van der Waals surface area contributed by atoms with Gasteiger partial charge in [-0.25, -0.2) is 17.6 Å². The lowest BCUT2D eigenvalue weighted by Gasteiger charge is -2.20. The van der Waals surface area contributed by atoms with Gasteiger partial charge in [0.05, 0.1) is 19.9 Å². The lowest BCUT2D eigenvalue weighted by Crippen LogP contribution is -2.28. The molecule has 1 unspecified atom stereocenters. The first-order valence-electron chi connectivity index (χ1n) is 8.28. The van der Waals surface area contributed by atoms with Gasteiger partial charge >= 0.3 is 12.3 Å². The molecule has 1 atom stereocenters. The largest absolute Gasteiger partial charge is 0.573 e. The van der Waals surface area contributed by atoms with Gasteiger partial charge in [-0.3, -0.25) is 4.98 Å². The maximum atomic E-state index is 14.8. The number of rotatable bonds is 7. The van der Waals surface area contributed by atoms with Crippen LogP contribution in [-0.2, 0) is 19.6 Å². The Hall–Kier alpha value is -3.09. The van der Waals surface area contributed by atoms with Crippen LogP contribution in [0.5, 0.6) is 23.0 Å². The number of carbonyl (C=O) groups is 1. The highest BCUT2D eigenvalue weighted by Crippen LogP contribution is 2.39. The molecule has 0 fully saturated rings. The number of carbonyl (C=O) groups excluding carboxylic acids is 1. The molecule has 0 aliphatic heterocycles. The third kappa shape index (κ3) is 5.54. The Morgan fingerprint density at radius 3 is 2.19 bits per heavy atom. The number of pyridine rings is 1. The second-order valence-electron chi connectivity index (χ2n) is 6.21. The molecule has 0 amide bonds. The summed E-state index contributed by atoms with van der Waals surface area (Å²) in [5, 5.41) is -2.92. The Morgan fingerprint density at radius 2 is 1.68 bits per heavy atom. The molecule has 0 saturated carbocycles. The molecule has 170 valence electrons. The van der Waals surface area contributed by atoms with Crippen molar-refractivity contribution < 1.29 is 49.7 Å². The second-order valence-corrected chi connectivity index (χ2v) is 8.52. The van der Waals surface area contributed by atoms with Crippen molar-refractivity contribution in [3.05, 3.63) is 41.7 Å². The average molecular weight is 467 g/mol. The summed E-state index contributed by atoms with van der Waals surface area (Å²) in [6.45, 7) is 0.760. The number of aromatic nitrogens is 1. The van der Waals surface area contributed by atoms with Gasteiger partial charge in [0.1, 0.15) is 17.1 Å². The third-order valence-corrected chi connectivity index (χ3v) is 5.62. The Labute approximate surface area is 174 Å². The molecule has 31 heavy (non-hydrogen) atoms. The van der Waals surface area contributed by atoms with Gasteiger partial charge in [-0.2, -0.15) is 0 Å². The van der Waals surface area contributed by atoms with Crippen LogP contribution < -0.4 is 14.2 Å². The minimum absolute atomic E-state index is 0.181. The highest BCUT2D eigenvalue weighted by Gasteiger charge is 2.40. The number of methoxy groups -OCH3 is 2. The van der Waals surface area contributed by atoms with E-state index in [-0.39, 0.29) is 22.8 Å². The zero-order valence-corrected chi connectivity index (χ0v) is 17.4. The van der Waals surface area contributed by atoms with Crippen LogP contribution in [0.2, 0.25) is 0 Å². The standard InChI is InChI=1S/C18H17F4NO7S/c1-17(19,31(4,25)26)15-8-13(11(9-23-15)16(24)28-3)29-12-6-5-10(7-14(12)27-2)30-18(20,21)22/h5-9H,1-4H3. The molecule has 1 heterocycles.